The van der Waals surface area contributed by atoms with Gasteiger partial charge >= 0.3 is 5.97 Å². The summed E-state index contributed by atoms with van der Waals surface area (Å²) in [7, 11) is 0. The number of carbonyl (C=O) groups is 2. The summed E-state index contributed by atoms with van der Waals surface area (Å²) in [5, 5.41) is 12.2. The van der Waals surface area contributed by atoms with E-state index in [9.17, 15) is 9.59 Å². The lowest BCUT2D eigenvalue weighted by Crippen LogP contribution is -2.57. The molecular weight excluding hydrogens is 208 g/mol. The molecule has 2 N–H and O–H groups in total. The monoisotopic (exact) mass is 228 g/mol. The van der Waals surface area contributed by atoms with Crippen molar-refractivity contribution in [2.75, 3.05) is 13.1 Å². The Labute approximate surface area is 95.8 Å². The van der Waals surface area contributed by atoms with Crippen LogP contribution in [0.1, 0.15) is 33.6 Å². The second-order valence-electron chi connectivity index (χ2n) is 4.60. The maximum atomic E-state index is 12.1. The van der Waals surface area contributed by atoms with Crippen LogP contribution >= 0.6 is 0 Å². The van der Waals surface area contributed by atoms with E-state index in [-0.39, 0.29) is 11.9 Å². The van der Waals surface area contributed by atoms with Gasteiger partial charge in [-0.05, 0) is 40.2 Å². The molecule has 1 saturated heterocycles. The molecular formula is C11H20N2O3. The van der Waals surface area contributed by atoms with Crippen LogP contribution in [0, 0.1) is 0 Å². The third kappa shape index (κ3) is 2.35. The van der Waals surface area contributed by atoms with Gasteiger partial charge in [0.1, 0.15) is 5.54 Å². The standard InChI is InChI=1S/C11H20N2O3/c1-4-13(11(2,3)10(15)16)9(14)8-6-5-7-12-8/h8,12H,4-7H2,1-3H3,(H,15,16). The minimum Gasteiger partial charge on any atom is -0.480 e. The van der Waals surface area contributed by atoms with Crippen molar-refractivity contribution in [3.05, 3.63) is 0 Å². The van der Waals surface area contributed by atoms with Crippen LogP contribution in [0.2, 0.25) is 0 Å². The van der Waals surface area contributed by atoms with E-state index in [1.54, 1.807) is 20.8 Å². The number of hydrogen-bond donors (Lipinski definition) is 2. The van der Waals surface area contributed by atoms with Gasteiger partial charge in [-0.1, -0.05) is 0 Å². The molecule has 1 amide bonds. The van der Waals surface area contributed by atoms with Crippen LogP contribution < -0.4 is 5.32 Å². The summed E-state index contributed by atoms with van der Waals surface area (Å²) in [6.07, 6.45) is 1.77. The Morgan fingerprint density at radius 1 is 1.50 bits per heavy atom. The Morgan fingerprint density at radius 2 is 2.12 bits per heavy atom. The van der Waals surface area contributed by atoms with Gasteiger partial charge in [0, 0.05) is 6.54 Å². The summed E-state index contributed by atoms with van der Waals surface area (Å²) in [5.41, 5.74) is -1.14. The van der Waals surface area contributed by atoms with Gasteiger partial charge in [0.05, 0.1) is 6.04 Å². The number of amides is 1. The third-order valence-electron chi connectivity index (χ3n) is 3.14. The molecule has 5 heteroatoms. The molecule has 1 fully saturated rings. The Kier molecular flexibility index (Phi) is 3.91. The molecule has 0 aromatic carbocycles. The van der Waals surface area contributed by atoms with Crippen molar-refractivity contribution >= 4 is 11.9 Å². The Morgan fingerprint density at radius 3 is 2.50 bits per heavy atom. The van der Waals surface area contributed by atoms with Crippen molar-refractivity contribution in [2.24, 2.45) is 0 Å². The zero-order valence-electron chi connectivity index (χ0n) is 10.1. The number of aliphatic carboxylic acids is 1. The number of nitrogens with one attached hydrogen (secondary N) is 1. The van der Waals surface area contributed by atoms with Crippen molar-refractivity contribution in [2.45, 2.75) is 45.2 Å². The molecule has 0 aromatic heterocycles. The topological polar surface area (TPSA) is 69.6 Å². The summed E-state index contributed by atoms with van der Waals surface area (Å²) in [6, 6.07) is -0.210. The number of carbonyl (C=O) groups excluding carboxylic acids is 1. The number of nitrogens with zero attached hydrogens (tertiary/aromatic N) is 1. The van der Waals surface area contributed by atoms with E-state index in [0.29, 0.717) is 6.54 Å². The van der Waals surface area contributed by atoms with Crippen molar-refractivity contribution in [1.29, 1.82) is 0 Å². The third-order valence-corrected chi connectivity index (χ3v) is 3.14. The first-order valence-corrected chi connectivity index (χ1v) is 5.69. The minimum absolute atomic E-state index is 0.104. The largest absolute Gasteiger partial charge is 0.480 e. The van der Waals surface area contributed by atoms with E-state index in [1.807, 2.05) is 0 Å². The maximum absolute atomic E-state index is 12.1. The van der Waals surface area contributed by atoms with Crippen LogP contribution in [-0.2, 0) is 9.59 Å². The molecule has 1 rings (SSSR count). The second-order valence-corrected chi connectivity index (χ2v) is 4.60. The first-order chi connectivity index (χ1) is 7.41. The lowest BCUT2D eigenvalue weighted by Gasteiger charge is -2.35. The highest BCUT2D eigenvalue weighted by Gasteiger charge is 2.39. The number of hydrogen-bond acceptors (Lipinski definition) is 3. The van der Waals surface area contributed by atoms with Crippen molar-refractivity contribution in [3.8, 4) is 0 Å². The quantitative estimate of drug-likeness (QED) is 0.733. The van der Waals surface area contributed by atoms with E-state index < -0.39 is 11.5 Å². The van der Waals surface area contributed by atoms with Gasteiger partial charge in [-0.3, -0.25) is 4.79 Å². The molecule has 1 unspecified atom stereocenters. The SMILES string of the molecule is CCN(C(=O)C1CCCN1)C(C)(C)C(=O)O. The van der Waals surface area contributed by atoms with E-state index in [4.69, 9.17) is 5.11 Å². The Bertz CT molecular complexity index is 283. The van der Waals surface area contributed by atoms with Gasteiger partial charge in [0.15, 0.2) is 0 Å². The average Bonchev–Trinajstić information content (AvgIpc) is 2.70. The minimum atomic E-state index is -1.14. The van der Waals surface area contributed by atoms with Crippen LogP contribution in [-0.4, -0.2) is 46.6 Å². The summed E-state index contributed by atoms with van der Waals surface area (Å²) >= 11 is 0. The van der Waals surface area contributed by atoms with Crippen LogP contribution in [0.25, 0.3) is 0 Å². The molecule has 1 heterocycles. The number of carboxylic acids is 1. The molecule has 0 bridgehead atoms. The fourth-order valence-electron chi connectivity index (χ4n) is 2.03. The Balaban J connectivity index is 2.80. The summed E-state index contributed by atoms with van der Waals surface area (Å²) < 4.78 is 0. The molecule has 0 aromatic rings. The molecule has 0 radical (unpaired) electrons. The molecule has 0 aliphatic carbocycles. The number of likely N-dealkylation sites (N-methyl/N-ethyl adjacent to an activating group) is 1. The molecule has 0 saturated carbocycles. The van der Waals surface area contributed by atoms with Crippen LogP contribution in [0.4, 0.5) is 0 Å². The van der Waals surface area contributed by atoms with Crippen LogP contribution in [0.15, 0.2) is 0 Å². The highest BCUT2D eigenvalue weighted by atomic mass is 16.4. The van der Waals surface area contributed by atoms with Crippen molar-refractivity contribution < 1.29 is 14.7 Å². The highest BCUT2D eigenvalue weighted by Crippen LogP contribution is 2.18. The van der Waals surface area contributed by atoms with Gasteiger partial charge in [-0.25, -0.2) is 4.79 Å². The molecule has 16 heavy (non-hydrogen) atoms. The van der Waals surface area contributed by atoms with E-state index >= 15 is 0 Å². The zero-order valence-corrected chi connectivity index (χ0v) is 10.1. The van der Waals surface area contributed by atoms with Crippen molar-refractivity contribution in [1.82, 2.24) is 10.2 Å². The first kappa shape index (κ1) is 13.0. The Hall–Kier alpha value is -1.10. The van der Waals surface area contributed by atoms with Gasteiger partial charge in [0.2, 0.25) is 5.91 Å². The maximum Gasteiger partial charge on any atom is 0.329 e. The van der Waals surface area contributed by atoms with E-state index in [2.05, 4.69) is 5.32 Å². The van der Waals surface area contributed by atoms with Gasteiger partial charge in [0.25, 0.3) is 0 Å². The first-order valence-electron chi connectivity index (χ1n) is 5.69. The molecule has 0 spiro atoms. The molecule has 1 aliphatic heterocycles. The number of rotatable bonds is 4. The summed E-state index contributed by atoms with van der Waals surface area (Å²) in [6.45, 7) is 6.17. The van der Waals surface area contributed by atoms with Gasteiger partial charge < -0.3 is 15.3 Å². The lowest BCUT2D eigenvalue weighted by molar-refractivity contribution is -0.157. The van der Waals surface area contributed by atoms with Crippen LogP contribution in [0.3, 0.4) is 0 Å². The average molecular weight is 228 g/mol. The van der Waals surface area contributed by atoms with Gasteiger partial charge in [-0.15, -0.1) is 0 Å². The predicted molar refractivity (Wildman–Crippen MR) is 60.1 cm³/mol. The summed E-state index contributed by atoms with van der Waals surface area (Å²) in [5.74, 6) is -1.08. The van der Waals surface area contributed by atoms with E-state index in [1.165, 1.54) is 4.90 Å². The molecule has 5 nitrogen and oxygen atoms in total. The predicted octanol–water partition coefficient (Wildman–Crippen LogP) is 0.450. The lowest BCUT2D eigenvalue weighted by atomic mass is 10.0. The fourth-order valence-corrected chi connectivity index (χ4v) is 2.03. The molecule has 1 aliphatic rings. The van der Waals surface area contributed by atoms with Crippen LogP contribution in [0.5, 0.6) is 0 Å². The highest BCUT2D eigenvalue weighted by molar-refractivity contribution is 5.89. The van der Waals surface area contributed by atoms with Gasteiger partial charge in [-0.2, -0.15) is 0 Å². The number of carboxylic acid groups (broad SMARTS) is 1. The van der Waals surface area contributed by atoms with Crippen molar-refractivity contribution in [3.63, 3.8) is 0 Å². The fraction of sp³-hybridized carbons (Fsp3) is 0.818. The van der Waals surface area contributed by atoms with E-state index in [0.717, 1.165) is 19.4 Å². The molecule has 92 valence electrons. The normalized spacial score (nSPS) is 20.8. The smallest absolute Gasteiger partial charge is 0.329 e. The summed E-state index contributed by atoms with van der Waals surface area (Å²) in [4.78, 5) is 24.7. The second kappa shape index (κ2) is 4.82. The zero-order chi connectivity index (χ0) is 12.3. The molecule has 1 atom stereocenters.